The van der Waals surface area contributed by atoms with Crippen LogP contribution in [0.5, 0.6) is 11.5 Å². The summed E-state index contributed by atoms with van der Waals surface area (Å²) >= 11 is 12.0. The monoisotopic (exact) mass is 454 g/mol. The van der Waals surface area contributed by atoms with E-state index in [0.717, 1.165) is 33.8 Å². The summed E-state index contributed by atoms with van der Waals surface area (Å²) in [5.74, 6) is 0.872. The van der Waals surface area contributed by atoms with Crippen molar-refractivity contribution in [1.82, 2.24) is 0 Å². The quantitative estimate of drug-likeness (QED) is 0.346. The lowest BCUT2D eigenvalue weighted by Gasteiger charge is -2.37. The number of esters is 1. The predicted octanol–water partition coefficient (Wildman–Crippen LogP) is 6.21. The Bertz CT molecular complexity index is 1190. The highest BCUT2D eigenvalue weighted by Crippen LogP contribution is 2.57. The molecular formula is C24H20Cl2N2O3. The van der Waals surface area contributed by atoms with Crippen LogP contribution in [0.1, 0.15) is 40.9 Å². The maximum absolute atomic E-state index is 12.9. The standard InChI is InChI=1S/C24H20Cl2N2O3/c1-3-27(4-2)15-9-11-19-22(14-15)30-21-12-10-16(28(25)26)13-20(21)24(19)18-8-6-5-7-17(18)23(29)31-24/h5-14H,3-4H2,1-2H3. The van der Waals surface area contributed by atoms with Gasteiger partial charge in [0, 0.05) is 65.1 Å². The molecule has 0 aromatic heterocycles. The summed E-state index contributed by atoms with van der Waals surface area (Å²) < 4.78 is 13.5. The van der Waals surface area contributed by atoms with Gasteiger partial charge in [-0.3, -0.25) is 0 Å². The molecule has 2 heterocycles. The number of benzene rings is 3. The van der Waals surface area contributed by atoms with Crippen LogP contribution in [0.4, 0.5) is 11.4 Å². The summed E-state index contributed by atoms with van der Waals surface area (Å²) in [5, 5.41) is 0. The van der Waals surface area contributed by atoms with Crippen LogP contribution in [-0.2, 0) is 10.3 Å². The third-order valence-corrected chi connectivity index (χ3v) is 6.39. The van der Waals surface area contributed by atoms with E-state index in [2.05, 4.69) is 18.7 Å². The van der Waals surface area contributed by atoms with E-state index in [9.17, 15) is 4.79 Å². The van der Waals surface area contributed by atoms with E-state index in [1.54, 1.807) is 24.3 Å². The van der Waals surface area contributed by atoms with Gasteiger partial charge in [0.25, 0.3) is 0 Å². The number of carbonyl (C=O) groups is 1. The normalized spacial score (nSPS) is 18.0. The van der Waals surface area contributed by atoms with Crippen LogP contribution in [0.3, 0.4) is 0 Å². The van der Waals surface area contributed by atoms with Gasteiger partial charge in [0.15, 0.2) is 5.60 Å². The van der Waals surface area contributed by atoms with Crippen LogP contribution in [-0.4, -0.2) is 19.1 Å². The minimum Gasteiger partial charge on any atom is -0.456 e. The Morgan fingerprint density at radius 2 is 1.58 bits per heavy atom. The molecule has 2 aliphatic heterocycles. The maximum Gasteiger partial charge on any atom is 0.340 e. The maximum atomic E-state index is 12.9. The lowest BCUT2D eigenvalue weighted by molar-refractivity contribution is 0.0224. The second kappa shape index (κ2) is 7.36. The molecule has 1 unspecified atom stereocenters. The molecule has 0 radical (unpaired) electrons. The Labute approximate surface area is 190 Å². The zero-order valence-corrected chi connectivity index (χ0v) is 18.6. The number of halogens is 2. The summed E-state index contributed by atoms with van der Waals surface area (Å²) in [6.45, 7) is 5.97. The van der Waals surface area contributed by atoms with Gasteiger partial charge < -0.3 is 14.4 Å². The highest BCUT2D eigenvalue weighted by Gasteiger charge is 2.53. The number of anilines is 2. The van der Waals surface area contributed by atoms with Crippen LogP contribution in [0.25, 0.3) is 0 Å². The Kier molecular flexibility index (Phi) is 4.76. The molecule has 158 valence electrons. The van der Waals surface area contributed by atoms with Crippen LogP contribution in [0.2, 0.25) is 0 Å². The zero-order chi connectivity index (χ0) is 21.8. The molecule has 5 rings (SSSR count). The van der Waals surface area contributed by atoms with E-state index < -0.39 is 5.60 Å². The van der Waals surface area contributed by atoms with Crippen LogP contribution in [0, 0.1) is 0 Å². The molecule has 1 atom stereocenters. The van der Waals surface area contributed by atoms with Gasteiger partial charge in [-0.1, -0.05) is 18.2 Å². The van der Waals surface area contributed by atoms with E-state index >= 15 is 0 Å². The summed E-state index contributed by atoms with van der Waals surface area (Å²) in [6, 6.07) is 18.8. The fraction of sp³-hybridized carbons (Fsp3) is 0.208. The van der Waals surface area contributed by atoms with Crippen molar-refractivity contribution in [3.05, 3.63) is 82.9 Å². The summed E-state index contributed by atoms with van der Waals surface area (Å²) in [4.78, 5) is 15.1. The second-order valence-corrected chi connectivity index (χ2v) is 8.33. The number of fused-ring (bicyclic) bond motifs is 6. The highest BCUT2D eigenvalue weighted by molar-refractivity contribution is 6.49. The average Bonchev–Trinajstić information content (AvgIpc) is 3.08. The van der Waals surface area contributed by atoms with E-state index in [4.69, 9.17) is 33.0 Å². The topological polar surface area (TPSA) is 42.0 Å². The van der Waals surface area contributed by atoms with Crippen molar-refractivity contribution in [2.75, 3.05) is 21.9 Å². The largest absolute Gasteiger partial charge is 0.456 e. The van der Waals surface area contributed by atoms with E-state index in [1.165, 1.54) is 0 Å². The molecule has 5 nitrogen and oxygen atoms in total. The molecule has 0 saturated heterocycles. The van der Waals surface area contributed by atoms with Crippen molar-refractivity contribution in [3.63, 3.8) is 0 Å². The van der Waals surface area contributed by atoms with Crippen LogP contribution in [0.15, 0.2) is 60.7 Å². The first-order chi connectivity index (χ1) is 15.0. The molecule has 0 aliphatic carbocycles. The molecule has 0 N–H and O–H groups in total. The first-order valence-corrected chi connectivity index (χ1v) is 10.8. The molecule has 3 aromatic carbocycles. The molecule has 1 spiro atoms. The molecule has 31 heavy (non-hydrogen) atoms. The Morgan fingerprint density at radius 1 is 0.839 bits per heavy atom. The van der Waals surface area contributed by atoms with Gasteiger partial charge in [-0.15, -0.1) is 0 Å². The predicted molar refractivity (Wildman–Crippen MR) is 122 cm³/mol. The molecule has 0 bridgehead atoms. The lowest BCUT2D eigenvalue weighted by atomic mass is 9.77. The number of hydrogen-bond acceptors (Lipinski definition) is 5. The van der Waals surface area contributed by atoms with Gasteiger partial charge in [0.2, 0.25) is 0 Å². The van der Waals surface area contributed by atoms with Gasteiger partial charge in [-0.05, 0) is 50.2 Å². The smallest absolute Gasteiger partial charge is 0.340 e. The number of nitrogens with zero attached hydrogens (tertiary/aromatic N) is 2. The summed E-state index contributed by atoms with van der Waals surface area (Å²) in [7, 11) is 0. The molecule has 0 saturated carbocycles. The minimum atomic E-state index is -1.14. The van der Waals surface area contributed by atoms with Gasteiger partial charge >= 0.3 is 5.97 Å². The van der Waals surface area contributed by atoms with Crippen molar-refractivity contribution in [1.29, 1.82) is 0 Å². The molecule has 7 heteroatoms. The van der Waals surface area contributed by atoms with Gasteiger partial charge in [0.05, 0.1) is 11.3 Å². The Hall–Kier alpha value is -2.89. The SMILES string of the molecule is CCN(CC)c1ccc2c(c1)Oc1ccc(N(Cl)Cl)cc1C21OC(=O)c2ccccc21. The summed E-state index contributed by atoms with van der Waals surface area (Å²) in [5.41, 5.74) is 3.21. The first kappa shape index (κ1) is 20.0. The molecule has 3 aromatic rings. The van der Waals surface area contributed by atoms with Crippen LogP contribution >= 0.6 is 23.6 Å². The third kappa shape index (κ3) is 2.87. The highest BCUT2D eigenvalue weighted by atomic mass is 35.5. The molecule has 2 aliphatic rings. The lowest BCUT2D eigenvalue weighted by Crippen LogP contribution is -2.33. The average molecular weight is 455 g/mol. The molecular weight excluding hydrogens is 435 g/mol. The third-order valence-electron chi connectivity index (χ3n) is 6.00. The second-order valence-electron chi connectivity index (χ2n) is 7.48. The fourth-order valence-corrected chi connectivity index (χ4v) is 4.75. The van der Waals surface area contributed by atoms with E-state index in [-0.39, 0.29) is 5.97 Å². The van der Waals surface area contributed by atoms with Crippen molar-refractivity contribution < 1.29 is 14.3 Å². The minimum absolute atomic E-state index is 0.374. The van der Waals surface area contributed by atoms with Gasteiger partial charge in [-0.2, -0.15) is 3.94 Å². The van der Waals surface area contributed by atoms with E-state index in [1.807, 2.05) is 36.4 Å². The molecule has 0 fully saturated rings. The van der Waals surface area contributed by atoms with Gasteiger partial charge in [0.1, 0.15) is 11.5 Å². The van der Waals surface area contributed by atoms with Crippen molar-refractivity contribution >= 4 is 40.9 Å². The van der Waals surface area contributed by atoms with Gasteiger partial charge in [-0.25, -0.2) is 4.79 Å². The van der Waals surface area contributed by atoms with Crippen molar-refractivity contribution in [3.8, 4) is 11.5 Å². The van der Waals surface area contributed by atoms with E-state index in [0.29, 0.717) is 28.3 Å². The number of carbonyl (C=O) groups excluding carboxylic acids is 1. The van der Waals surface area contributed by atoms with Crippen LogP contribution < -0.4 is 13.6 Å². The Balaban J connectivity index is 1.80. The number of rotatable bonds is 4. The number of ether oxygens (including phenoxy) is 2. The fourth-order valence-electron chi connectivity index (χ4n) is 4.54. The number of hydrogen-bond donors (Lipinski definition) is 0. The molecule has 0 amide bonds. The zero-order valence-electron chi connectivity index (χ0n) is 17.1. The van der Waals surface area contributed by atoms with Crippen molar-refractivity contribution in [2.24, 2.45) is 0 Å². The summed E-state index contributed by atoms with van der Waals surface area (Å²) in [6.07, 6.45) is 0. The first-order valence-electron chi connectivity index (χ1n) is 10.2. The Morgan fingerprint density at radius 3 is 2.32 bits per heavy atom. The van der Waals surface area contributed by atoms with Crippen molar-refractivity contribution in [2.45, 2.75) is 19.4 Å².